The van der Waals surface area contributed by atoms with Gasteiger partial charge in [-0.2, -0.15) is 0 Å². The van der Waals surface area contributed by atoms with Gasteiger partial charge in [0.25, 0.3) is 0 Å². The smallest absolute Gasteiger partial charge is 0.353 e. The summed E-state index contributed by atoms with van der Waals surface area (Å²) >= 11 is 0. The minimum Gasteiger partial charge on any atom is -0.466 e. The highest BCUT2D eigenvalue weighted by Gasteiger charge is 2.34. The van der Waals surface area contributed by atoms with Crippen LogP contribution in [0.2, 0.25) is 0 Å². The van der Waals surface area contributed by atoms with Crippen molar-refractivity contribution in [2.45, 2.75) is 33.6 Å². The molecule has 9 nitrogen and oxygen atoms in total. The normalized spacial score (nSPS) is 17.2. The molecule has 0 amide bonds. The lowest BCUT2D eigenvalue weighted by molar-refractivity contribution is -0.383. The fraction of sp³-hybridized carbons (Fsp3) is 0.688. The van der Waals surface area contributed by atoms with Gasteiger partial charge in [-0.15, -0.1) is 0 Å². The second-order valence-corrected chi connectivity index (χ2v) is 5.84. The van der Waals surface area contributed by atoms with Crippen LogP contribution in [0.1, 0.15) is 33.6 Å². The molecule has 0 N–H and O–H groups in total. The van der Waals surface area contributed by atoms with Crippen LogP contribution < -0.4 is 9.80 Å². The third-order valence-electron chi connectivity index (χ3n) is 4.37. The van der Waals surface area contributed by atoms with Crippen LogP contribution >= 0.6 is 0 Å². The molecule has 25 heavy (non-hydrogen) atoms. The lowest BCUT2D eigenvalue weighted by Gasteiger charge is -2.32. The van der Waals surface area contributed by atoms with Gasteiger partial charge in [0.05, 0.1) is 17.4 Å². The summed E-state index contributed by atoms with van der Waals surface area (Å²) in [5.74, 6) is 0.0437. The largest absolute Gasteiger partial charge is 0.466 e. The summed E-state index contributed by atoms with van der Waals surface area (Å²) in [5, 5.41) is 11.7. The summed E-state index contributed by atoms with van der Waals surface area (Å²) in [6.45, 7) is 8.15. The van der Waals surface area contributed by atoms with Crippen LogP contribution in [-0.2, 0) is 9.53 Å². The van der Waals surface area contributed by atoms with E-state index in [0.29, 0.717) is 38.6 Å². The number of nitrogens with zero attached hydrogens (tertiary/aromatic N) is 5. The fourth-order valence-electron chi connectivity index (χ4n) is 3.13. The summed E-state index contributed by atoms with van der Waals surface area (Å²) in [6.07, 6.45) is 2.83. The molecule has 0 aliphatic carbocycles. The number of carbonyl (C=O) groups excluding carboxylic acids is 1. The van der Waals surface area contributed by atoms with Crippen molar-refractivity contribution in [3.8, 4) is 0 Å². The van der Waals surface area contributed by atoms with Crippen LogP contribution in [0, 0.1) is 16.0 Å². The molecular weight excluding hydrogens is 326 g/mol. The number of rotatable bonds is 7. The van der Waals surface area contributed by atoms with E-state index in [4.69, 9.17) is 4.74 Å². The van der Waals surface area contributed by atoms with Gasteiger partial charge in [-0.05, 0) is 33.6 Å². The number of esters is 1. The highest BCUT2D eigenvalue weighted by atomic mass is 16.6. The average molecular weight is 351 g/mol. The van der Waals surface area contributed by atoms with Crippen LogP contribution in [0.4, 0.5) is 17.3 Å². The zero-order chi connectivity index (χ0) is 18.4. The van der Waals surface area contributed by atoms with E-state index in [-0.39, 0.29) is 23.4 Å². The van der Waals surface area contributed by atoms with Gasteiger partial charge in [-0.25, -0.2) is 9.97 Å². The highest BCUT2D eigenvalue weighted by Crippen LogP contribution is 2.36. The number of hydrogen-bond donors (Lipinski definition) is 0. The van der Waals surface area contributed by atoms with Gasteiger partial charge in [0.2, 0.25) is 11.6 Å². The number of ether oxygens (including phenoxy) is 1. The molecular formula is C16H25N5O4. The van der Waals surface area contributed by atoms with Gasteiger partial charge in [0.1, 0.15) is 6.33 Å². The average Bonchev–Trinajstić information content (AvgIpc) is 2.62. The predicted molar refractivity (Wildman–Crippen MR) is 93.8 cm³/mol. The first kappa shape index (κ1) is 18.9. The number of piperidine rings is 1. The fourth-order valence-corrected chi connectivity index (χ4v) is 3.13. The van der Waals surface area contributed by atoms with E-state index in [0.717, 1.165) is 12.8 Å². The summed E-state index contributed by atoms with van der Waals surface area (Å²) in [5.41, 5.74) is -0.101. The second-order valence-electron chi connectivity index (χ2n) is 5.84. The Balaban J connectivity index is 2.36. The Morgan fingerprint density at radius 2 is 2.12 bits per heavy atom. The van der Waals surface area contributed by atoms with Gasteiger partial charge in [0.15, 0.2) is 0 Å². The number of aromatic nitrogens is 2. The molecule has 0 aromatic carbocycles. The maximum Gasteiger partial charge on any atom is 0.353 e. The minimum atomic E-state index is -0.434. The Bertz CT molecular complexity index is 621. The number of hydrogen-bond acceptors (Lipinski definition) is 8. The molecule has 1 aliphatic rings. The van der Waals surface area contributed by atoms with E-state index in [2.05, 4.69) is 9.97 Å². The first-order valence-corrected chi connectivity index (χ1v) is 8.69. The molecule has 2 rings (SSSR count). The van der Waals surface area contributed by atoms with Gasteiger partial charge in [-0.3, -0.25) is 14.9 Å². The highest BCUT2D eigenvalue weighted by molar-refractivity contribution is 5.75. The van der Waals surface area contributed by atoms with Crippen LogP contribution in [0.5, 0.6) is 0 Å². The molecule has 1 aromatic rings. The summed E-state index contributed by atoms with van der Waals surface area (Å²) < 4.78 is 5.10. The van der Waals surface area contributed by atoms with Gasteiger partial charge >= 0.3 is 11.7 Å². The van der Waals surface area contributed by atoms with Crippen LogP contribution in [0.25, 0.3) is 0 Å². The molecule has 0 spiro atoms. The third-order valence-corrected chi connectivity index (χ3v) is 4.37. The summed E-state index contributed by atoms with van der Waals surface area (Å²) in [6, 6.07) is 0. The number of carbonyl (C=O) groups is 1. The van der Waals surface area contributed by atoms with E-state index in [9.17, 15) is 14.9 Å². The van der Waals surface area contributed by atoms with Crippen molar-refractivity contribution < 1.29 is 14.5 Å². The van der Waals surface area contributed by atoms with Crippen molar-refractivity contribution in [3.63, 3.8) is 0 Å². The van der Waals surface area contributed by atoms with Gasteiger partial charge < -0.3 is 14.5 Å². The molecule has 1 fully saturated rings. The number of anilines is 2. The third kappa shape index (κ3) is 4.15. The van der Waals surface area contributed by atoms with Gasteiger partial charge in [0, 0.05) is 26.2 Å². The predicted octanol–water partition coefficient (Wildman–Crippen LogP) is 2.01. The second kappa shape index (κ2) is 8.59. The van der Waals surface area contributed by atoms with Crippen LogP contribution in [0.15, 0.2) is 6.33 Å². The van der Waals surface area contributed by atoms with E-state index < -0.39 is 4.92 Å². The molecule has 1 saturated heterocycles. The molecule has 9 heteroatoms. The zero-order valence-corrected chi connectivity index (χ0v) is 15.0. The monoisotopic (exact) mass is 351 g/mol. The van der Waals surface area contributed by atoms with E-state index in [1.807, 2.05) is 18.7 Å². The quantitative estimate of drug-likeness (QED) is 0.418. The molecule has 2 heterocycles. The Kier molecular flexibility index (Phi) is 6.49. The van der Waals surface area contributed by atoms with Crippen molar-refractivity contribution >= 4 is 23.3 Å². The first-order chi connectivity index (χ1) is 12.0. The Morgan fingerprint density at radius 3 is 2.72 bits per heavy atom. The maximum atomic E-state index is 12.0. The molecule has 138 valence electrons. The number of nitro groups is 1. The maximum absolute atomic E-state index is 12.0. The molecule has 0 bridgehead atoms. The van der Waals surface area contributed by atoms with Crippen molar-refractivity contribution in [2.24, 2.45) is 5.92 Å². The Morgan fingerprint density at radius 1 is 1.40 bits per heavy atom. The topological polar surface area (TPSA) is 102 Å². The molecule has 1 aliphatic heterocycles. The first-order valence-electron chi connectivity index (χ1n) is 8.69. The van der Waals surface area contributed by atoms with E-state index in [1.54, 1.807) is 11.8 Å². The standard InChI is InChI=1S/C16H25N5O4/c1-4-19(5-2)14-13(21(23)24)15(18-11-17-14)20-9-7-8-12(10-20)16(22)25-6-3/h11-12H,4-10H2,1-3H3. The van der Waals surface area contributed by atoms with Crippen molar-refractivity contribution in [2.75, 3.05) is 42.6 Å². The van der Waals surface area contributed by atoms with E-state index >= 15 is 0 Å². The summed E-state index contributed by atoms with van der Waals surface area (Å²) in [4.78, 5) is 35.3. The Labute approximate surface area is 147 Å². The zero-order valence-electron chi connectivity index (χ0n) is 15.0. The van der Waals surface area contributed by atoms with Crippen molar-refractivity contribution in [1.29, 1.82) is 0 Å². The van der Waals surface area contributed by atoms with Crippen LogP contribution in [0.3, 0.4) is 0 Å². The van der Waals surface area contributed by atoms with E-state index in [1.165, 1.54) is 6.33 Å². The SMILES string of the molecule is CCOC(=O)C1CCCN(c2ncnc(N(CC)CC)c2[N+](=O)[O-])C1. The lowest BCUT2D eigenvalue weighted by Crippen LogP contribution is -2.40. The van der Waals surface area contributed by atoms with Crippen LogP contribution in [-0.4, -0.2) is 53.6 Å². The molecule has 1 unspecified atom stereocenters. The molecule has 0 saturated carbocycles. The van der Waals surface area contributed by atoms with Crippen molar-refractivity contribution in [1.82, 2.24) is 9.97 Å². The Hall–Kier alpha value is -2.45. The lowest BCUT2D eigenvalue weighted by atomic mass is 9.98. The molecule has 1 aromatic heterocycles. The van der Waals surface area contributed by atoms with Crippen molar-refractivity contribution in [3.05, 3.63) is 16.4 Å². The molecule has 1 atom stereocenters. The minimum absolute atomic E-state index is 0.101. The summed E-state index contributed by atoms with van der Waals surface area (Å²) in [7, 11) is 0. The molecule has 0 radical (unpaired) electrons. The van der Waals surface area contributed by atoms with Gasteiger partial charge in [-0.1, -0.05) is 0 Å².